The van der Waals surface area contributed by atoms with Crippen molar-refractivity contribution in [3.63, 3.8) is 0 Å². The van der Waals surface area contributed by atoms with E-state index in [-0.39, 0.29) is 6.61 Å². The van der Waals surface area contributed by atoms with Crippen LogP contribution in [0.5, 0.6) is 0 Å². The van der Waals surface area contributed by atoms with Crippen LogP contribution in [0.1, 0.15) is 31.7 Å². The van der Waals surface area contributed by atoms with Gasteiger partial charge in [-0.1, -0.05) is 0 Å². The Kier molecular flexibility index (Phi) is 6.61. The number of aliphatic hydroxyl groups is 1. The summed E-state index contributed by atoms with van der Waals surface area (Å²) in [6.45, 7) is 10.2. The third-order valence-corrected chi connectivity index (χ3v) is 6.07. The van der Waals surface area contributed by atoms with Crippen molar-refractivity contribution in [3.05, 3.63) is 30.4 Å². The molecule has 4 rings (SSSR count). The molecule has 8 heteroatoms. The van der Waals surface area contributed by atoms with Gasteiger partial charge in [-0.2, -0.15) is 5.10 Å². The van der Waals surface area contributed by atoms with Gasteiger partial charge in [-0.3, -0.25) is 9.58 Å². The summed E-state index contributed by atoms with van der Waals surface area (Å²) in [6.07, 6.45) is 9.16. The van der Waals surface area contributed by atoms with Crippen LogP contribution in [0.2, 0.25) is 0 Å². The molecule has 29 heavy (non-hydrogen) atoms. The number of piperidine rings is 1. The van der Waals surface area contributed by atoms with Crippen LogP contribution in [-0.4, -0.2) is 75.6 Å². The van der Waals surface area contributed by atoms with Crippen LogP contribution >= 0.6 is 0 Å². The molecular formula is C21H33N7O. The lowest BCUT2D eigenvalue weighted by atomic mass is 9.99. The number of aryl methyl sites for hydroxylation is 1. The Hall–Kier alpha value is -2.19. The molecule has 2 fully saturated rings. The Morgan fingerprint density at radius 3 is 2.66 bits per heavy atom. The van der Waals surface area contributed by atoms with Crippen LogP contribution < -0.4 is 9.80 Å². The average Bonchev–Trinajstić information content (AvgIpc) is 3.10. The fourth-order valence-corrected chi connectivity index (χ4v) is 4.38. The molecule has 0 bridgehead atoms. The van der Waals surface area contributed by atoms with Crippen molar-refractivity contribution < 1.29 is 5.11 Å². The number of anilines is 2. The van der Waals surface area contributed by atoms with Gasteiger partial charge >= 0.3 is 0 Å². The predicted molar refractivity (Wildman–Crippen MR) is 114 cm³/mol. The molecule has 1 atom stereocenters. The number of nitrogens with zero attached hydrogens (tertiary/aromatic N) is 7. The minimum Gasteiger partial charge on any atom is -0.396 e. The highest BCUT2D eigenvalue weighted by atomic mass is 16.3. The maximum atomic E-state index is 9.51. The molecule has 4 heterocycles. The van der Waals surface area contributed by atoms with E-state index in [0.717, 1.165) is 83.3 Å². The van der Waals surface area contributed by atoms with E-state index in [2.05, 4.69) is 49.0 Å². The zero-order valence-corrected chi connectivity index (χ0v) is 17.4. The van der Waals surface area contributed by atoms with E-state index in [4.69, 9.17) is 0 Å². The first-order valence-electron chi connectivity index (χ1n) is 10.9. The van der Waals surface area contributed by atoms with E-state index in [1.165, 1.54) is 5.56 Å². The van der Waals surface area contributed by atoms with Gasteiger partial charge in [0.25, 0.3) is 0 Å². The van der Waals surface area contributed by atoms with Crippen molar-refractivity contribution in [3.8, 4) is 0 Å². The number of aromatic nitrogens is 4. The maximum absolute atomic E-state index is 9.51. The van der Waals surface area contributed by atoms with Gasteiger partial charge in [-0.25, -0.2) is 9.97 Å². The van der Waals surface area contributed by atoms with Crippen molar-refractivity contribution in [1.82, 2.24) is 24.6 Å². The van der Waals surface area contributed by atoms with Crippen molar-refractivity contribution in [1.29, 1.82) is 0 Å². The lowest BCUT2D eigenvalue weighted by molar-refractivity contribution is 0.208. The zero-order chi connectivity index (χ0) is 20.1. The number of rotatable bonds is 6. The molecule has 8 nitrogen and oxygen atoms in total. The normalized spacial score (nSPS) is 21.4. The second-order valence-corrected chi connectivity index (χ2v) is 8.19. The average molecular weight is 400 g/mol. The van der Waals surface area contributed by atoms with Gasteiger partial charge in [0, 0.05) is 76.8 Å². The molecule has 0 spiro atoms. The molecule has 2 aromatic heterocycles. The molecule has 0 amide bonds. The SMILES string of the molecule is CCn1cc(CN2CCCN(c3cc(N4CCCC(CO)C4)ncn3)CC2)cn1. The number of hydrogen-bond donors (Lipinski definition) is 1. The highest BCUT2D eigenvalue weighted by Gasteiger charge is 2.22. The molecule has 2 aliphatic heterocycles. The van der Waals surface area contributed by atoms with Gasteiger partial charge < -0.3 is 14.9 Å². The molecule has 0 aromatic carbocycles. The van der Waals surface area contributed by atoms with Crippen LogP contribution in [0.4, 0.5) is 11.6 Å². The predicted octanol–water partition coefficient (Wildman–Crippen LogP) is 1.61. The van der Waals surface area contributed by atoms with Gasteiger partial charge in [0.2, 0.25) is 0 Å². The monoisotopic (exact) mass is 399 g/mol. The molecule has 2 saturated heterocycles. The van der Waals surface area contributed by atoms with Gasteiger partial charge in [-0.15, -0.1) is 0 Å². The molecule has 0 aliphatic carbocycles. The summed E-state index contributed by atoms with van der Waals surface area (Å²) in [4.78, 5) is 16.3. The van der Waals surface area contributed by atoms with E-state index in [1.807, 2.05) is 10.9 Å². The highest BCUT2D eigenvalue weighted by Crippen LogP contribution is 2.24. The lowest BCUT2D eigenvalue weighted by Gasteiger charge is -2.33. The Bertz CT molecular complexity index is 780. The van der Waals surface area contributed by atoms with Gasteiger partial charge in [-0.05, 0) is 32.1 Å². The third-order valence-electron chi connectivity index (χ3n) is 6.07. The molecule has 1 unspecified atom stereocenters. The molecule has 0 radical (unpaired) electrons. The third kappa shape index (κ3) is 5.05. The summed E-state index contributed by atoms with van der Waals surface area (Å²) in [5.74, 6) is 2.36. The van der Waals surface area contributed by atoms with E-state index >= 15 is 0 Å². The first-order valence-corrected chi connectivity index (χ1v) is 10.9. The summed E-state index contributed by atoms with van der Waals surface area (Å²) in [7, 11) is 0. The lowest BCUT2D eigenvalue weighted by Crippen LogP contribution is -2.37. The Morgan fingerprint density at radius 2 is 1.86 bits per heavy atom. The van der Waals surface area contributed by atoms with Gasteiger partial charge in [0.15, 0.2) is 0 Å². The summed E-state index contributed by atoms with van der Waals surface area (Å²) < 4.78 is 1.99. The topological polar surface area (TPSA) is 73.6 Å². The summed E-state index contributed by atoms with van der Waals surface area (Å²) in [5.41, 5.74) is 1.29. The Balaban J connectivity index is 1.37. The van der Waals surface area contributed by atoms with Crippen LogP contribution in [0, 0.1) is 5.92 Å². The van der Waals surface area contributed by atoms with Gasteiger partial charge in [0.1, 0.15) is 18.0 Å². The smallest absolute Gasteiger partial charge is 0.134 e. The quantitative estimate of drug-likeness (QED) is 0.791. The Labute approximate surface area is 173 Å². The largest absolute Gasteiger partial charge is 0.396 e. The fourth-order valence-electron chi connectivity index (χ4n) is 4.38. The van der Waals surface area contributed by atoms with E-state index in [0.29, 0.717) is 5.92 Å². The first-order chi connectivity index (χ1) is 14.2. The van der Waals surface area contributed by atoms with Crippen LogP contribution in [0.15, 0.2) is 24.8 Å². The van der Waals surface area contributed by atoms with Gasteiger partial charge in [0.05, 0.1) is 6.20 Å². The fraction of sp³-hybridized carbons (Fsp3) is 0.667. The molecule has 1 N–H and O–H groups in total. The highest BCUT2D eigenvalue weighted by molar-refractivity contribution is 5.50. The van der Waals surface area contributed by atoms with Crippen LogP contribution in [-0.2, 0) is 13.1 Å². The van der Waals surface area contributed by atoms with Crippen molar-refractivity contribution >= 4 is 11.6 Å². The molecule has 2 aromatic rings. The second kappa shape index (κ2) is 9.54. The van der Waals surface area contributed by atoms with Crippen LogP contribution in [0.25, 0.3) is 0 Å². The number of aliphatic hydroxyl groups excluding tert-OH is 1. The standard InChI is InChI=1S/C21H33N7O/c1-2-28-15-19(12-24-28)13-25-6-4-8-26(10-9-25)20-11-21(23-17-22-20)27-7-3-5-18(14-27)16-29/h11-12,15,17-18,29H,2-10,13-14,16H2,1H3. The van der Waals surface area contributed by atoms with Crippen LogP contribution in [0.3, 0.4) is 0 Å². The molecule has 2 aliphatic rings. The summed E-state index contributed by atoms with van der Waals surface area (Å²) in [6, 6.07) is 2.13. The van der Waals surface area contributed by atoms with Crippen molar-refractivity contribution in [2.24, 2.45) is 5.92 Å². The van der Waals surface area contributed by atoms with Crippen molar-refractivity contribution in [2.75, 3.05) is 55.7 Å². The van der Waals surface area contributed by atoms with E-state index in [9.17, 15) is 5.11 Å². The minimum atomic E-state index is 0.257. The van der Waals surface area contributed by atoms with E-state index in [1.54, 1.807) is 6.33 Å². The molecule has 0 saturated carbocycles. The maximum Gasteiger partial charge on any atom is 0.134 e. The molecular weight excluding hydrogens is 366 g/mol. The van der Waals surface area contributed by atoms with E-state index < -0.39 is 0 Å². The minimum absolute atomic E-state index is 0.257. The zero-order valence-electron chi connectivity index (χ0n) is 17.4. The molecule has 158 valence electrons. The number of hydrogen-bond acceptors (Lipinski definition) is 7. The second-order valence-electron chi connectivity index (χ2n) is 8.19. The Morgan fingerprint density at radius 1 is 1.03 bits per heavy atom. The van der Waals surface area contributed by atoms with Crippen molar-refractivity contribution in [2.45, 2.75) is 39.3 Å². The first kappa shape index (κ1) is 20.1. The summed E-state index contributed by atoms with van der Waals surface area (Å²) >= 11 is 0. The summed E-state index contributed by atoms with van der Waals surface area (Å²) in [5, 5.41) is 13.9.